The maximum absolute atomic E-state index is 13.8. The van der Waals surface area contributed by atoms with Crippen LogP contribution in [-0.2, 0) is 11.3 Å². The number of rotatable bonds is 5. The van der Waals surface area contributed by atoms with Crippen LogP contribution in [-0.4, -0.2) is 26.3 Å². The fourth-order valence-corrected chi connectivity index (χ4v) is 2.20. The Morgan fingerprint density at radius 2 is 2.28 bits per heavy atom. The number of benzene rings is 1. The van der Waals surface area contributed by atoms with Crippen molar-refractivity contribution in [1.82, 2.24) is 5.32 Å². The van der Waals surface area contributed by atoms with Gasteiger partial charge in [0.25, 0.3) is 0 Å². The molecular formula is C14H20FNO2. The third kappa shape index (κ3) is 3.43. The molecule has 0 aromatic heterocycles. The maximum atomic E-state index is 13.8. The molecule has 100 valence electrons. The Bertz CT molecular complexity index is 378. The molecule has 1 aliphatic heterocycles. The summed E-state index contributed by atoms with van der Waals surface area (Å²) in [7, 11) is 1.47. The molecule has 0 bridgehead atoms. The van der Waals surface area contributed by atoms with Crippen LogP contribution in [0, 0.1) is 5.82 Å². The second-order valence-corrected chi connectivity index (χ2v) is 4.60. The van der Waals surface area contributed by atoms with Gasteiger partial charge in [-0.15, -0.1) is 0 Å². The fraction of sp³-hybridized carbons (Fsp3) is 0.571. The van der Waals surface area contributed by atoms with Crippen molar-refractivity contribution in [3.05, 3.63) is 29.6 Å². The highest BCUT2D eigenvalue weighted by atomic mass is 19.1. The van der Waals surface area contributed by atoms with Gasteiger partial charge in [0.15, 0.2) is 11.6 Å². The van der Waals surface area contributed by atoms with E-state index in [1.54, 1.807) is 18.2 Å². The Labute approximate surface area is 107 Å². The number of methoxy groups -OCH3 is 1. The second kappa shape index (κ2) is 6.71. The Balaban J connectivity index is 1.82. The molecule has 0 saturated carbocycles. The van der Waals surface area contributed by atoms with E-state index in [0.29, 0.717) is 24.8 Å². The van der Waals surface area contributed by atoms with E-state index in [9.17, 15) is 4.39 Å². The highest BCUT2D eigenvalue weighted by Crippen LogP contribution is 2.20. The monoisotopic (exact) mass is 253 g/mol. The Kier molecular flexibility index (Phi) is 4.96. The van der Waals surface area contributed by atoms with E-state index in [2.05, 4.69) is 5.32 Å². The summed E-state index contributed by atoms with van der Waals surface area (Å²) in [5, 5.41) is 3.40. The quantitative estimate of drug-likeness (QED) is 0.874. The van der Waals surface area contributed by atoms with Gasteiger partial charge in [-0.2, -0.15) is 0 Å². The molecule has 1 heterocycles. The molecule has 1 unspecified atom stereocenters. The minimum Gasteiger partial charge on any atom is -0.494 e. The van der Waals surface area contributed by atoms with Crippen molar-refractivity contribution < 1.29 is 13.9 Å². The van der Waals surface area contributed by atoms with Gasteiger partial charge in [0, 0.05) is 11.6 Å². The van der Waals surface area contributed by atoms with Gasteiger partial charge in [-0.1, -0.05) is 18.6 Å². The zero-order valence-corrected chi connectivity index (χ0v) is 10.7. The first kappa shape index (κ1) is 13.3. The van der Waals surface area contributed by atoms with Crippen LogP contribution < -0.4 is 10.1 Å². The zero-order valence-electron chi connectivity index (χ0n) is 10.7. The van der Waals surface area contributed by atoms with E-state index in [1.165, 1.54) is 20.0 Å². The third-order valence-electron chi connectivity index (χ3n) is 3.25. The van der Waals surface area contributed by atoms with Crippen LogP contribution in [0.1, 0.15) is 24.8 Å². The van der Waals surface area contributed by atoms with E-state index in [4.69, 9.17) is 9.47 Å². The van der Waals surface area contributed by atoms with E-state index < -0.39 is 0 Å². The molecule has 0 amide bonds. The van der Waals surface area contributed by atoms with Crippen LogP contribution in [0.3, 0.4) is 0 Å². The average Bonchev–Trinajstić information content (AvgIpc) is 2.42. The molecule has 1 atom stereocenters. The van der Waals surface area contributed by atoms with Gasteiger partial charge in [0.05, 0.1) is 20.3 Å². The summed E-state index contributed by atoms with van der Waals surface area (Å²) in [4.78, 5) is 0. The van der Waals surface area contributed by atoms with Gasteiger partial charge in [0.2, 0.25) is 0 Å². The summed E-state index contributed by atoms with van der Waals surface area (Å²) in [6, 6.07) is 5.53. The van der Waals surface area contributed by atoms with E-state index in [0.717, 1.165) is 13.0 Å². The molecule has 1 aromatic carbocycles. The van der Waals surface area contributed by atoms with Crippen LogP contribution in [0.4, 0.5) is 4.39 Å². The molecule has 1 aliphatic rings. The second-order valence-electron chi connectivity index (χ2n) is 4.60. The molecule has 0 aliphatic carbocycles. The SMILES string of the molecule is COc1cccc(COCC2CCCCN2)c1F. The molecule has 1 aromatic rings. The van der Waals surface area contributed by atoms with Crippen LogP contribution in [0.25, 0.3) is 0 Å². The molecule has 18 heavy (non-hydrogen) atoms. The first-order chi connectivity index (χ1) is 8.81. The standard InChI is InChI=1S/C14H20FNO2/c1-17-13-7-4-5-11(14(13)15)9-18-10-12-6-2-3-8-16-12/h4-5,7,12,16H,2-3,6,8-10H2,1H3. The van der Waals surface area contributed by atoms with Crippen molar-refractivity contribution >= 4 is 0 Å². The van der Waals surface area contributed by atoms with Gasteiger partial charge in [0.1, 0.15) is 0 Å². The number of hydrogen-bond donors (Lipinski definition) is 1. The van der Waals surface area contributed by atoms with Crippen molar-refractivity contribution in [1.29, 1.82) is 0 Å². The van der Waals surface area contributed by atoms with Gasteiger partial charge in [-0.25, -0.2) is 4.39 Å². The highest BCUT2D eigenvalue weighted by molar-refractivity contribution is 5.30. The van der Waals surface area contributed by atoms with Gasteiger partial charge >= 0.3 is 0 Å². The van der Waals surface area contributed by atoms with E-state index >= 15 is 0 Å². The number of nitrogens with one attached hydrogen (secondary N) is 1. The van der Waals surface area contributed by atoms with Crippen molar-refractivity contribution in [3.8, 4) is 5.75 Å². The number of piperidine rings is 1. The summed E-state index contributed by atoms with van der Waals surface area (Å²) >= 11 is 0. The Morgan fingerprint density at radius 3 is 3.00 bits per heavy atom. The smallest absolute Gasteiger partial charge is 0.170 e. The first-order valence-electron chi connectivity index (χ1n) is 6.44. The van der Waals surface area contributed by atoms with Crippen molar-refractivity contribution in [2.24, 2.45) is 0 Å². The molecule has 1 saturated heterocycles. The molecule has 0 radical (unpaired) electrons. The van der Waals surface area contributed by atoms with Crippen molar-refractivity contribution in [2.45, 2.75) is 31.9 Å². The maximum Gasteiger partial charge on any atom is 0.170 e. The normalized spacial score (nSPS) is 19.8. The topological polar surface area (TPSA) is 30.5 Å². The predicted molar refractivity (Wildman–Crippen MR) is 68.2 cm³/mol. The van der Waals surface area contributed by atoms with E-state index in [1.807, 2.05) is 0 Å². The Morgan fingerprint density at radius 1 is 1.39 bits per heavy atom. The minimum atomic E-state index is -0.323. The van der Waals surface area contributed by atoms with E-state index in [-0.39, 0.29) is 11.6 Å². The first-order valence-corrected chi connectivity index (χ1v) is 6.44. The summed E-state index contributed by atoms with van der Waals surface area (Å²) in [6.07, 6.45) is 3.62. The van der Waals surface area contributed by atoms with Gasteiger partial charge in [-0.3, -0.25) is 0 Å². The van der Waals surface area contributed by atoms with Gasteiger partial charge in [-0.05, 0) is 25.5 Å². The molecule has 0 spiro atoms. The molecule has 1 N–H and O–H groups in total. The summed E-state index contributed by atoms with van der Waals surface area (Å²) in [5.74, 6) is -0.0523. The van der Waals surface area contributed by atoms with Crippen LogP contribution in [0.5, 0.6) is 5.75 Å². The van der Waals surface area contributed by atoms with Crippen LogP contribution in [0.15, 0.2) is 18.2 Å². The summed E-state index contributed by atoms with van der Waals surface area (Å²) in [5.41, 5.74) is 0.546. The van der Waals surface area contributed by atoms with Gasteiger partial charge < -0.3 is 14.8 Å². The third-order valence-corrected chi connectivity index (χ3v) is 3.25. The largest absolute Gasteiger partial charge is 0.494 e. The lowest BCUT2D eigenvalue weighted by molar-refractivity contribution is 0.0890. The lowest BCUT2D eigenvalue weighted by Gasteiger charge is -2.23. The molecule has 1 fully saturated rings. The lowest BCUT2D eigenvalue weighted by Crippen LogP contribution is -2.37. The molecule has 4 heteroatoms. The predicted octanol–water partition coefficient (Wildman–Crippen LogP) is 2.49. The lowest BCUT2D eigenvalue weighted by atomic mass is 10.1. The fourth-order valence-electron chi connectivity index (χ4n) is 2.20. The number of hydrogen-bond acceptors (Lipinski definition) is 3. The van der Waals surface area contributed by atoms with Crippen LogP contribution >= 0.6 is 0 Å². The Hall–Kier alpha value is -1.13. The molecule has 2 rings (SSSR count). The number of halogens is 1. The molecule has 3 nitrogen and oxygen atoms in total. The average molecular weight is 253 g/mol. The highest BCUT2D eigenvalue weighted by Gasteiger charge is 2.13. The number of ether oxygens (including phenoxy) is 2. The molecular weight excluding hydrogens is 233 g/mol. The van der Waals surface area contributed by atoms with Crippen LogP contribution in [0.2, 0.25) is 0 Å². The summed E-state index contributed by atoms with van der Waals surface area (Å²) < 4.78 is 24.3. The zero-order chi connectivity index (χ0) is 12.8. The minimum absolute atomic E-state index is 0.270. The summed E-state index contributed by atoms with van der Waals surface area (Å²) in [6.45, 7) is 1.99. The van der Waals surface area contributed by atoms with Crippen molar-refractivity contribution in [2.75, 3.05) is 20.3 Å². The van der Waals surface area contributed by atoms with Crippen molar-refractivity contribution in [3.63, 3.8) is 0 Å².